The highest BCUT2D eigenvalue weighted by atomic mass is 79.9. The monoisotopic (exact) mass is 274 g/mol. The van der Waals surface area contributed by atoms with Gasteiger partial charge in [0, 0.05) is 4.47 Å². The molecule has 0 radical (unpaired) electrons. The van der Waals surface area contributed by atoms with E-state index in [0.717, 1.165) is 4.47 Å². The maximum absolute atomic E-state index is 10.8. The summed E-state index contributed by atoms with van der Waals surface area (Å²) in [5.41, 5.74) is 1.81. The molecule has 82 valence electrons. The highest BCUT2D eigenvalue weighted by molar-refractivity contribution is 9.10. The molecule has 1 aromatic rings. The zero-order chi connectivity index (χ0) is 11.1. The molecule has 0 heterocycles. The van der Waals surface area contributed by atoms with Crippen molar-refractivity contribution in [1.29, 1.82) is 0 Å². The van der Waals surface area contributed by atoms with Crippen molar-refractivity contribution in [3.05, 3.63) is 28.7 Å². The summed E-state index contributed by atoms with van der Waals surface area (Å²) >= 11 is 3.31. The highest BCUT2D eigenvalue weighted by Crippen LogP contribution is 2.17. The van der Waals surface area contributed by atoms with Crippen LogP contribution in [0, 0.1) is 0 Å². The Morgan fingerprint density at radius 1 is 1.53 bits per heavy atom. The predicted octanol–water partition coefficient (Wildman–Crippen LogP) is 1.14. The van der Waals surface area contributed by atoms with Gasteiger partial charge in [-0.15, -0.1) is 0 Å². The largest absolute Gasteiger partial charge is 0.493 e. The van der Waals surface area contributed by atoms with E-state index in [1.54, 1.807) is 6.07 Å². The summed E-state index contributed by atoms with van der Waals surface area (Å²) in [6.45, 7) is 0.247. The Morgan fingerprint density at radius 2 is 2.33 bits per heavy atom. The van der Waals surface area contributed by atoms with Crippen LogP contribution in [-0.2, 0) is 9.63 Å². The number of carbonyl (C=O) groups excluding carboxylic acids is 1. The first-order valence-corrected chi connectivity index (χ1v) is 5.05. The molecule has 6 heteroatoms. The number of hydrazine groups is 1. The molecule has 1 rings (SSSR count). The molecule has 0 unspecified atom stereocenters. The molecule has 0 fully saturated rings. The minimum Gasteiger partial charge on any atom is -0.493 e. The first-order chi connectivity index (χ1) is 7.22. The maximum Gasteiger partial charge on any atom is 0.329 e. The number of benzene rings is 1. The lowest BCUT2D eigenvalue weighted by molar-refractivity contribution is -0.151. The van der Waals surface area contributed by atoms with Crippen molar-refractivity contribution in [2.45, 2.75) is 6.42 Å². The molecule has 0 aliphatic carbocycles. The van der Waals surface area contributed by atoms with Crippen LogP contribution in [0.5, 0.6) is 5.75 Å². The van der Waals surface area contributed by atoms with Crippen LogP contribution in [0.15, 0.2) is 28.7 Å². The van der Waals surface area contributed by atoms with Crippen LogP contribution in [0.4, 0.5) is 0 Å². The Bertz CT molecular complexity index is 333. The fraction of sp³-hybridized carbons (Fsp3) is 0.222. The van der Waals surface area contributed by atoms with Crippen LogP contribution in [0.3, 0.4) is 0 Å². The van der Waals surface area contributed by atoms with Gasteiger partial charge in [-0.2, -0.15) is 0 Å². The van der Waals surface area contributed by atoms with Gasteiger partial charge < -0.3 is 9.57 Å². The zero-order valence-corrected chi connectivity index (χ0v) is 9.49. The predicted molar refractivity (Wildman–Crippen MR) is 57.7 cm³/mol. The number of nitrogens with one attached hydrogen (secondary N) is 1. The average Bonchev–Trinajstić information content (AvgIpc) is 2.18. The first kappa shape index (κ1) is 12.0. The van der Waals surface area contributed by atoms with Crippen LogP contribution in [0.1, 0.15) is 6.42 Å². The van der Waals surface area contributed by atoms with Crippen molar-refractivity contribution < 1.29 is 14.4 Å². The van der Waals surface area contributed by atoms with E-state index in [4.69, 9.17) is 10.6 Å². The van der Waals surface area contributed by atoms with Gasteiger partial charge in [-0.3, -0.25) is 4.79 Å². The number of ether oxygens (including phenoxy) is 1. The molecule has 0 aliphatic heterocycles. The number of rotatable bonds is 5. The van der Waals surface area contributed by atoms with Crippen LogP contribution >= 0.6 is 15.9 Å². The molecule has 0 saturated heterocycles. The molecule has 0 saturated carbocycles. The lowest BCUT2D eigenvalue weighted by atomic mass is 10.3. The SMILES string of the molecule is NNOC(=O)CCOc1cccc(Br)c1. The van der Waals surface area contributed by atoms with Crippen molar-refractivity contribution >= 4 is 21.9 Å². The second-order valence-electron chi connectivity index (χ2n) is 2.65. The molecular formula is C9H11BrN2O3. The first-order valence-electron chi connectivity index (χ1n) is 4.26. The zero-order valence-electron chi connectivity index (χ0n) is 7.90. The molecule has 5 nitrogen and oxygen atoms in total. The highest BCUT2D eigenvalue weighted by Gasteiger charge is 2.02. The van der Waals surface area contributed by atoms with Crippen LogP contribution < -0.4 is 16.2 Å². The van der Waals surface area contributed by atoms with Gasteiger partial charge in [0.25, 0.3) is 0 Å². The third-order valence-electron chi connectivity index (χ3n) is 1.54. The smallest absolute Gasteiger partial charge is 0.329 e. The Kier molecular flexibility index (Phi) is 5.09. The fourth-order valence-electron chi connectivity index (χ4n) is 0.926. The average molecular weight is 275 g/mol. The van der Waals surface area contributed by atoms with Crippen molar-refractivity contribution in [3.8, 4) is 5.75 Å². The Balaban J connectivity index is 2.28. The van der Waals surface area contributed by atoms with E-state index in [0.29, 0.717) is 5.75 Å². The molecule has 15 heavy (non-hydrogen) atoms. The standard InChI is InChI=1S/C9H11BrN2O3/c10-7-2-1-3-8(6-7)14-5-4-9(13)15-12-11/h1-3,6,12H,4-5,11H2. The van der Waals surface area contributed by atoms with Crippen molar-refractivity contribution in [2.24, 2.45) is 5.84 Å². The van der Waals surface area contributed by atoms with Crippen molar-refractivity contribution in [2.75, 3.05) is 6.61 Å². The number of hydrogen-bond donors (Lipinski definition) is 2. The summed E-state index contributed by atoms with van der Waals surface area (Å²) in [6, 6.07) is 7.35. The van der Waals surface area contributed by atoms with Gasteiger partial charge in [-0.05, 0) is 18.2 Å². The minimum absolute atomic E-state index is 0.136. The Morgan fingerprint density at radius 3 is 3.00 bits per heavy atom. The molecule has 0 aliphatic rings. The number of hydrogen-bond acceptors (Lipinski definition) is 5. The van der Waals surface area contributed by atoms with Gasteiger partial charge in [-0.25, -0.2) is 5.84 Å². The van der Waals surface area contributed by atoms with Gasteiger partial charge >= 0.3 is 5.97 Å². The lowest BCUT2D eigenvalue weighted by Crippen LogP contribution is -2.26. The van der Waals surface area contributed by atoms with Gasteiger partial charge in [0.15, 0.2) is 0 Å². The summed E-state index contributed by atoms with van der Waals surface area (Å²) < 4.78 is 6.23. The van der Waals surface area contributed by atoms with Crippen LogP contribution in [0.2, 0.25) is 0 Å². The fourth-order valence-corrected chi connectivity index (χ4v) is 1.30. The third-order valence-corrected chi connectivity index (χ3v) is 2.04. The summed E-state index contributed by atoms with van der Waals surface area (Å²) in [7, 11) is 0. The van der Waals surface area contributed by atoms with Crippen LogP contribution in [0.25, 0.3) is 0 Å². The minimum atomic E-state index is -0.465. The summed E-state index contributed by atoms with van der Waals surface area (Å²) in [4.78, 5) is 15.1. The summed E-state index contributed by atoms with van der Waals surface area (Å²) in [5.74, 6) is 5.02. The van der Waals surface area contributed by atoms with E-state index in [-0.39, 0.29) is 13.0 Å². The lowest BCUT2D eigenvalue weighted by Gasteiger charge is -2.05. The van der Waals surface area contributed by atoms with Gasteiger partial charge in [0.05, 0.1) is 13.0 Å². The number of carbonyl (C=O) groups is 1. The number of halogens is 1. The van der Waals surface area contributed by atoms with Crippen LogP contribution in [-0.4, -0.2) is 12.6 Å². The summed E-state index contributed by atoms with van der Waals surface area (Å²) in [6.07, 6.45) is 0.136. The topological polar surface area (TPSA) is 73.6 Å². The van der Waals surface area contributed by atoms with E-state index in [1.165, 1.54) is 0 Å². The molecular weight excluding hydrogens is 264 g/mol. The van der Waals surface area contributed by atoms with Gasteiger partial charge in [0.2, 0.25) is 0 Å². The van der Waals surface area contributed by atoms with Crippen molar-refractivity contribution in [1.82, 2.24) is 5.59 Å². The maximum atomic E-state index is 10.8. The van der Waals surface area contributed by atoms with E-state index >= 15 is 0 Å². The number of nitrogens with two attached hydrogens (primary N) is 1. The second-order valence-corrected chi connectivity index (χ2v) is 3.56. The normalized spacial score (nSPS) is 9.73. The molecule has 0 atom stereocenters. The molecule has 0 bridgehead atoms. The Labute approximate surface area is 95.6 Å². The van der Waals surface area contributed by atoms with Gasteiger partial charge in [0.1, 0.15) is 5.75 Å². The van der Waals surface area contributed by atoms with E-state index in [9.17, 15) is 4.79 Å². The second kappa shape index (κ2) is 6.39. The molecule has 0 amide bonds. The van der Waals surface area contributed by atoms with E-state index in [1.807, 2.05) is 23.8 Å². The van der Waals surface area contributed by atoms with E-state index < -0.39 is 5.97 Å². The molecule has 3 N–H and O–H groups in total. The van der Waals surface area contributed by atoms with E-state index in [2.05, 4.69) is 20.8 Å². The molecule has 1 aromatic carbocycles. The summed E-state index contributed by atoms with van der Waals surface area (Å²) in [5, 5.41) is 0. The molecule has 0 aromatic heterocycles. The van der Waals surface area contributed by atoms with Gasteiger partial charge in [-0.1, -0.05) is 27.6 Å². The quantitative estimate of drug-likeness (QED) is 0.622. The molecule has 0 spiro atoms. The third kappa shape index (κ3) is 4.78. The Hall–Kier alpha value is -1.11. The van der Waals surface area contributed by atoms with Crippen molar-refractivity contribution in [3.63, 3.8) is 0 Å².